The van der Waals surface area contributed by atoms with E-state index >= 15 is 0 Å². The van der Waals surface area contributed by atoms with Crippen molar-refractivity contribution in [2.24, 2.45) is 5.92 Å². The number of benzene rings is 1. The molecule has 2 unspecified atom stereocenters. The Hall–Kier alpha value is -0.930. The molecule has 0 amide bonds. The van der Waals surface area contributed by atoms with Crippen molar-refractivity contribution in [2.75, 3.05) is 20.6 Å². The lowest BCUT2D eigenvalue weighted by molar-refractivity contribution is 0.189. The van der Waals surface area contributed by atoms with Gasteiger partial charge in [0.05, 0.1) is 0 Å². The number of nitrogens with one attached hydrogen (secondary N) is 1. The van der Waals surface area contributed by atoms with E-state index in [-0.39, 0.29) is 5.82 Å². The lowest BCUT2D eigenvalue weighted by atomic mass is 9.93. The van der Waals surface area contributed by atoms with Crippen LogP contribution in [0.4, 0.5) is 4.39 Å². The Bertz CT molecular complexity index is 455. The first-order valence-electron chi connectivity index (χ1n) is 8.24. The zero-order valence-corrected chi connectivity index (χ0v) is 13.8. The molecule has 0 fully saturated rings. The zero-order valence-electron chi connectivity index (χ0n) is 13.8. The van der Waals surface area contributed by atoms with E-state index in [1.165, 1.54) is 24.0 Å². The Kier molecular flexibility index (Phi) is 5.77. The molecule has 0 bridgehead atoms. The normalized spacial score (nSPS) is 19.3. The molecule has 0 saturated heterocycles. The van der Waals surface area contributed by atoms with Crippen molar-refractivity contribution >= 4 is 0 Å². The highest BCUT2D eigenvalue weighted by atomic mass is 19.1. The van der Waals surface area contributed by atoms with E-state index in [4.69, 9.17) is 0 Å². The summed E-state index contributed by atoms with van der Waals surface area (Å²) in [5.41, 5.74) is 2.47. The Labute approximate surface area is 128 Å². The van der Waals surface area contributed by atoms with Crippen LogP contribution in [0.25, 0.3) is 0 Å². The van der Waals surface area contributed by atoms with Gasteiger partial charge >= 0.3 is 0 Å². The molecule has 2 nitrogen and oxygen atoms in total. The number of aryl methyl sites for hydroxylation is 1. The lowest BCUT2D eigenvalue weighted by Gasteiger charge is -2.32. The van der Waals surface area contributed by atoms with Gasteiger partial charge in [0.2, 0.25) is 0 Å². The molecule has 2 rings (SSSR count). The smallest absolute Gasteiger partial charge is 0.123 e. The summed E-state index contributed by atoms with van der Waals surface area (Å²) >= 11 is 0. The maximum absolute atomic E-state index is 13.3. The van der Waals surface area contributed by atoms with Crippen LogP contribution in [0.2, 0.25) is 0 Å². The Morgan fingerprint density at radius 3 is 2.62 bits per heavy atom. The fourth-order valence-corrected chi connectivity index (χ4v) is 3.66. The molecule has 21 heavy (non-hydrogen) atoms. The van der Waals surface area contributed by atoms with Gasteiger partial charge in [0, 0.05) is 18.6 Å². The number of fused-ring (bicyclic) bond motifs is 1. The summed E-state index contributed by atoms with van der Waals surface area (Å²) in [6.45, 7) is 5.55. The van der Waals surface area contributed by atoms with Crippen LogP contribution < -0.4 is 5.32 Å². The molecule has 3 heteroatoms. The molecule has 1 aliphatic rings. The molecule has 2 atom stereocenters. The second kappa shape index (κ2) is 7.37. The highest BCUT2D eigenvalue weighted by Gasteiger charge is 2.26. The predicted molar refractivity (Wildman–Crippen MR) is 87.0 cm³/mol. The van der Waals surface area contributed by atoms with Gasteiger partial charge in [-0.2, -0.15) is 0 Å². The maximum Gasteiger partial charge on any atom is 0.123 e. The molecule has 0 saturated carbocycles. The van der Waals surface area contributed by atoms with Crippen molar-refractivity contribution in [3.8, 4) is 0 Å². The van der Waals surface area contributed by atoms with E-state index in [1.807, 2.05) is 6.07 Å². The Morgan fingerprint density at radius 1 is 1.29 bits per heavy atom. The van der Waals surface area contributed by atoms with Crippen LogP contribution in [0.15, 0.2) is 18.2 Å². The highest BCUT2D eigenvalue weighted by Crippen LogP contribution is 2.31. The second-order valence-electron chi connectivity index (χ2n) is 6.45. The van der Waals surface area contributed by atoms with Crippen molar-refractivity contribution < 1.29 is 4.39 Å². The molecule has 0 aromatic heterocycles. The lowest BCUT2D eigenvalue weighted by Crippen LogP contribution is -2.43. The van der Waals surface area contributed by atoms with Crippen molar-refractivity contribution in [3.63, 3.8) is 0 Å². The molecule has 1 aliphatic carbocycles. The summed E-state index contributed by atoms with van der Waals surface area (Å²) < 4.78 is 13.3. The van der Waals surface area contributed by atoms with Crippen molar-refractivity contribution in [2.45, 2.75) is 51.6 Å². The largest absolute Gasteiger partial charge is 0.308 e. The molecule has 0 aliphatic heterocycles. The van der Waals surface area contributed by atoms with Crippen LogP contribution in [-0.4, -0.2) is 31.6 Å². The summed E-state index contributed by atoms with van der Waals surface area (Å²) in [4.78, 5) is 2.34. The van der Waals surface area contributed by atoms with E-state index in [1.54, 1.807) is 12.1 Å². The third-order valence-corrected chi connectivity index (χ3v) is 5.01. The third-order valence-electron chi connectivity index (χ3n) is 5.01. The topological polar surface area (TPSA) is 15.3 Å². The number of hydrogen-bond acceptors (Lipinski definition) is 2. The van der Waals surface area contributed by atoms with Gasteiger partial charge in [-0.05, 0) is 56.1 Å². The van der Waals surface area contributed by atoms with Gasteiger partial charge in [0.1, 0.15) is 5.82 Å². The minimum absolute atomic E-state index is 0.113. The number of rotatable bonds is 7. The molecule has 1 aromatic carbocycles. The molecular weight excluding hydrogens is 263 g/mol. The maximum atomic E-state index is 13.3. The minimum atomic E-state index is -0.113. The average Bonchev–Trinajstić information content (AvgIpc) is 2.85. The van der Waals surface area contributed by atoms with Gasteiger partial charge in [0.15, 0.2) is 0 Å². The second-order valence-corrected chi connectivity index (χ2v) is 6.45. The number of halogens is 1. The molecule has 1 aromatic rings. The monoisotopic (exact) mass is 292 g/mol. The van der Waals surface area contributed by atoms with Gasteiger partial charge in [-0.25, -0.2) is 4.39 Å². The molecular formula is C18H29FN2. The summed E-state index contributed by atoms with van der Waals surface area (Å²) in [7, 11) is 4.34. The van der Waals surface area contributed by atoms with Gasteiger partial charge in [-0.1, -0.05) is 32.8 Å². The van der Waals surface area contributed by atoms with Gasteiger partial charge in [-0.3, -0.25) is 0 Å². The van der Waals surface area contributed by atoms with E-state index in [0.29, 0.717) is 12.1 Å². The summed E-state index contributed by atoms with van der Waals surface area (Å²) in [5.74, 6) is 0.610. The number of nitrogens with zero attached hydrogens (tertiary/aromatic N) is 1. The summed E-state index contributed by atoms with van der Waals surface area (Å²) in [6, 6.07) is 6.18. The predicted octanol–water partition coefficient (Wildman–Crippen LogP) is 3.77. The Morgan fingerprint density at radius 2 is 2.00 bits per heavy atom. The van der Waals surface area contributed by atoms with Crippen molar-refractivity contribution in [3.05, 3.63) is 35.1 Å². The summed E-state index contributed by atoms with van der Waals surface area (Å²) in [5, 5.41) is 3.72. The van der Waals surface area contributed by atoms with Gasteiger partial charge < -0.3 is 10.2 Å². The van der Waals surface area contributed by atoms with Crippen LogP contribution in [0.5, 0.6) is 0 Å². The molecule has 0 spiro atoms. The standard InChI is InChI=1S/C18H29FN2/c1-5-13(6-2)18(21(3)4)12-20-17-10-7-14-11-15(19)8-9-16(14)17/h8-9,11,13,17-18,20H,5-7,10,12H2,1-4H3. The van der Waals surface area contributed by atoms with Crippen molar-refractivity contribution in [1.29, 1.82) is 0 Å². The number of hydrogen-bond donors (Lipinski definition) is 1. The Balaban J connectivity index is 2.00. The fraction of sp³-hybridized carbons (Fsp3) is 0.667. The first-order valence-corrected chi connectivity index (χ1v) is 8.24. The first kappa shape index (κ1) is 16.4. The number of likely N-dealkylation sites (N-methyl/N-ethyl adjacent to an activating group) is 1. The molecule has 0 heterocycles. The van der Waals surface area contributed by atoms with Crippen LogP contribution >= 0.6 is 0 Å². The molecule has 118 valence electrons. The van der Waals surface area contributed by atoms with Gasteiger partial charge in [-0.15, -0.1) is 0 Å². The highest BCUT2D eigenvalue weighted by molar-refractivity contribution is 5.34. The average molecular weight is 292 g/mol. The zero-order chi connectivity index (χ0) is 15.4. The SMILES string of the molecule is CCC(CC)C(CNC1CCc2cc(F)ccc21)N(C)C. The van der Waals surface area contributed by atoms with Crippen LogP contribution in [-0.2, 0) is 6.42 Å². The van der Waals surface area contributed by atoms with E-state index < -0.39 is 0 Å². The minimum Gasteiger partial charge on any atom is -0.308 e. The fourth-order valence-electron chi connectivity index (χ4n) is 3.66. The third kappa shape index (κ3) is 3.83. The molecule has 0 radical (unpaired) electrons. The van der Waals surface area contributed by atoms with E-state index in [9.17, 15) is 4.39 Å². The molecule has 1 N–H and O–H groups in total. The quantitative estimate of drug-likeness (QED) is 0.823. The van der Waals surface area contributed by atoms with E-state index in [2.05, 4.69) is 38.2 Å². The van der Waals surface area contributed by atoms with Crippen LogP contribution in [0, 0.1) is 11.7 Å². The summed E-state index contributed by atoms with van der Waals surface area (Å²) in [6.07, 6.45) is 4.51. The van der Waals surface area contributed by atoms with E-state index in [0.717, 1.165) is 25.3 Å². The first-order chi connectivity index (χ1) is 10.1. The van der Waals surface area contributed by atoms with Crippen LogP contribution in [0.1, 0.15) is 50.3 Å². The van der Waals surface area contributed by atoms with Crippen LogP contribution in [0.3, 0.4) is 0 Å². The van der Waals surface area contributed by atoms with Gasteiger partial charge in [0.25, 0.3) is 0 Å². The van der Waals surface area contributed by atoms with Crippen molar-refractivity contribution in [1.82, 2.24) is 10.2 Å².